The third-order valence-electron chi connectivity index (χ3n) is 5.74. The van der Waals surface area contributed by atoms with Crippen molar-refractivity contribution in [1.29, 1.82) is 0 Å². The van der Waals surface area contributed by atoms with Gasteiger partial charge in [0, 0.05) is 37.0 Å². The highest BCUT2D eigenvalue weighted by atomic mass is 16.5. The molecule has 0 atom stereocenters. The first-order valence-electron chi connectivity index (χ1n) is 10.8. The van der Waals surface area contributed by atoms with E-state index in [1.54, 1.807) is 32.4 Å². The Hall–Kier alpha value is -3.29. The molecule has 0 bridgehead atoms. The van der Waals surface area contributed by atoms with Gasteiger partial charge in [0.1, 0.15) is 11.3 Å². The smallest absolute Gasteiger partial charge is 0.319 e. The normalized spacial score (nSPS) is 14.4. The number of urea groups is 1. The van der Waals surface area contributed by atoms with Crippen LogP contribution in [0.5, 0.6) is 11.5 Å². The number of fused-ring (bicyclic) bond motifs is 1. The van der Waals surface area contributed by atoms with Crippen LogP contribution < -0.4 is 20.1 Å². The lowest BCUT2D eigenvalue weighted by atomic mass is 9.95. The number of rotatable bonds is 7. The summed E-state index contributed by atoms with van der Waals surface area (Å²) < 4.78 is 12.8. The summed E-state index contributed by atoms with van der Waals surface area (Å²) in [5.41, 5.74) is 2.49. The summed E-state index contributed by atoms with van der Waals surface area (Å²) in [5.74, 6) is 2.16. The summed E-state index contributed by atoms with van der Waals surface area (Å²) in [5, 5.41) is 5.76. The minimum absolute atomic E-state index is 0.273. The molecule has 2 heterocycles. The molecule has 1 aliphatic carbocycles. The van der Waals surface area contributed by atoms with Crippen molar-refractivity contribution in [2.24, 2.45) is 0 Å². The standard InChI is InChI=1S/C23H29N5O3/c1-30-19-11-10-16(15-20(19)31-2)26-23(29)25-14-12-21-27-18-9-6-13-24-22(18)28(21)17-7-4-3-5-8-17/h6,9-11,13,15,17H,3-5,7-8,12,14H2,1-2H3,(H2,25,26,29). The van der Waals surface area contributed by atoms with Crippen molar-refractivity contribution in [1.82, 2.24) is 19.9 Å². The van der Waals surface area contributed by atoms with Crippen LogP contribution in [0.2, 0.25) is 0 Å². The van der Waals surface area contributed by atoms with E-state index in [-0.39, 0.29) is 6.03 Å². The van der Waals surface area contributed by atoms with Crippen molar-refractivity contribution in [3.05, 3.63) is 42.4 Å². The summed E-state index contributed by atoms with van der Waals surface area (Å²) >= 11 is 0. The SMILES string of the molecule is COc1ccc(NC(=O)NCCc2nc3cccnc3n2C2CCCCC2)cc1OC. The van der Waals surface area contributed by atoms with Gasteiger partial charge in [0.05, 0.1) is 14.2 Å². The minimum Gasteiger partial charge on any atom is -0.493 e. The molecule has 8 nitrogen and oxygen atoms in total. The van der Waals surface area contributed by atoms with Crippen molar-refractivity contribution in [2.75, 3.05) is 26.1 Å². The van der Waals surface area contributed by atoms with Crippen molar-refractivity contribution < 1.29 is 14.3 Å². The van der Waals surface area contributed by atoms with E-state index in [0.29, 0.717) is 36.2 Å². The fourth-order valence-electron chi connectivity index (χ4n) is 4.25. The third-order valence-corrected chi connectivity index (χ3v) is 5.74. The predicted molar refractivity (Wildman–Crippen MR) is 120 cm³/mol. The lowest BCUT2D eigenvalue weighted by Gasteiger charge is -2.25. The largest absolute Gasteiger partial charge is 0.493 e. The number of hydrogen-bond donors (Lipinski definition) is 2. The number of imidazole rings is 1. The highest BCUT2D eigenvalue weighted by Gasteiger charge is 2.22. The van der Waals surface area contributed by atoms with E-state index in [0.717, 1.165) is 29.8 Å². The second-order valence-electron chi connectivity index (χ2n) is 7.74. The Kier molecular flexibility index (Phi) is 6.54. The Labute approximate surface area is 182 Å². The molecule has 8 heteroatoms. The molecule has 2 amide bonds. The van der Waals surface area contributed by atoms with Crippen LogP contribution >= 0.6 is 0 Å². The minimum atomic E-state index is -0.273. The summed E-state index contributed by atoms with van der Waals surface area (Å²) in [6.45, 7) is 0.481. The molecule has 0 spiro atoms. The third kappa shape index (κ3) is 4.73. The number of ether oxygens (including phenoxy) is 2. The maximum absolute atomic E-state index is 12.4. The van der Waals surface area contributed by atoms with Crippen molar-refractivity contribution in [3.63, 3.8) is 0 Å². The number of anilines is 1. The van der Waals surface area contributed by atoms with Gasteiger partial charge in [0.2, 0.25) is 0 Å². The second-order valence-corrected chi connectivity index (χ2v) is 7.74. The quantitative estimate of drug-likeness (QED) is 0.591. The van der Waals surface area contributed by atoms with Gasteiger partial charge in [0.15, 0.2) is 17.1 Å². The molecular weight excluding hydrogens is 394 g/mol. The molecule has 4 rings (SSSR count). The molecule has 1 fully saturated rings. The van der Waals surface area contributed by atoms with Crippen molar-refractivity contribution >= 4 is 22.9 Å². The first kappa shape index (κ1) is 21.0. The number of carbonyl (C=O) groups excluding carboxylic acids is 1. The van der Waals surface area contributed by atoms with E-state index in [4.69, 9.17) is 14.5 Å². The van der Waals surface area contributed by atoms with Gasteiger partial charge in [-0.05, 0) is 37.1 Å². The lowest BCUT2D eigenvalue weighted by Crippen LogP contribution is -2.31. The number of pyridine rings is 1. The fraction of sp³-hybridized carbons (Fsp3) is 0.435. The number of benzene rings is 1. The Bertz CT molecular complexity index is 1040. The molecule has 0 aliphatic heterocycles. The van der Waals surface area contributed by atoms with Crippen LogP contribution in [0.4, 0.5) is 10.5 Å². The molecule has 1 aliphatic rings. The maximum Gasteiger partial charge on any atom is 0.319 e. The van der Waals surface area contributed by atoms with Gasteiger partial charge in [-0.3, -0.25) is 0 Å². The first-order valence-corrected chi connectivity index (χ1v) is 10.8. The lowest BCUT2D eigenvalue weighted by molar-refractivity contribution is 0.252. The van der Waals surface area contributed by atoms with Gasteiger partial charge < -0.3 is 24.7 Å². The highest BCUT2D eigenvalue weighted by molar-refractivity contribution is 5.89. The van der Waals surface area contributed by atoms with E-state index >= 15 is 0 Å². The average molecular weight is 424 g/mol. The molecule has 31 heavy (non-hydrogen) atoms. The van der Waals surface area contributed by atoms with E-state index in [2.05, 4.69) is 20.2 Å². The number of amides is 2. The van der Waals surface area contributed by atoms with Crippen molar-refractivity contribution in [3.8, 4) is 11.5 Å². The molecule has 3 aromatic rings. The monoisotopic (exact) mass is 423 g/mol. The molecule has 0 saturated heterocycles. The van der Waals surface area contributed by atoms with Crippen LogP contribution in [0.15, 0.2) is 36.5 Å². The van der Waals surface area contributed by atoms with E-state index in [9.17, 15) is 4.79 Å². The van der Waals surface area contributed by atoms with Gasteiger partial charge in [-0.15, -0.1) is 0 Å². The van der Waals surface area contributed by atoms with Crippen LogP contribution in [-0.4, -0.2) is 41.3 Å². The molecule has 2 N–H and O–H groups in total. The molecule has 0 radical (unpaired) electrons. The van der Waals surface area contributed by atoms with Crippen LogP contribution in [0.1, 0.15) is 44.0 Å². The molecule has 2 aromatic heterocycles. The summed E-state index contributed by atoms with van der Waals surface area (Å²) in [4.78, 5) is 21.8. The number of aromatic nitrogens is 3. The molecular formula is C23H29N5O3. The van der Waals surface area contributed by atoms with E-state index in [1.165, 1.54) is 19.3 Å². The van der Waals surface area contributed by atoms with Crippen molar-refractivity contribution in [2.45, 2.75) is 44.6 Å². The Morgan fingerprint density at radius 1 is 1.13 bits per heavy atom. The fourth-order valence-corrected chi connectivity index (χ4v) is 4.25. The average Bonchev–Trinajstić information content (AvgIpc) is 3.17. The Morgan fingerprint density at radius 3 is 2.71 bits per heavy atom. The van der Waals surface area contributed by atoms with Crippen LogP contribution in [-0.2, 0) is 6.42 Å². The van der Waals surface area contributed by atoms with Gasteiger partial charge in [-0.1, -0.05) is 19.3 Å². The first-order chi connectivity index (χ1) is 15.2. The maximum atomic E-state index is 12.4. The Morgan fingerprint density at radius 2 is 1.94 bits per heavy atom. The molecule has 1 aromatic carbocycles. The summed E-state index contributed by atoms with van der Waals surface area (Å²) in [6, 6.07) is 9.34. The summed E-state index contributed by atoms with van der Waals surface area (Å²) in [6.07, 6.45) is 8.55. The number of methoxy groups -OCH3 is 2. The zero-order valence-corrected chi connectivity index (χ0v) is 18.1. The zero-order valence-electron chi connectivity index (χ0n) is 18.1. The van der Waals surface area contributed by atoms with Gasteiger partial charge >= 0.3 is 6.03 Å². The number of hydrogen-bond acceptors (Lipinski definition) is 5. The molecule has 1 saturated carbocycles. The number of nitrogens with one attached hydrogen (secondary N) is 2. The molecule has 0 unspecified atom stereocenters. The summed E-state index contributed by atoms with van der Waals surface area (Å²) in [7, 11) is 3.14. The Balaban J connectivity index is 1.41. The second kappa shape index (κ2) is 9.68. The molecule has 164 valence electrons. The number of carbonyl (C=O) groups is 1. The van der Waals surface area contributed by atoms with Crippen LogP contribution in [0.25, 0.3) is 11.2 Å². The topological polar surface area (TPSA) is 90.3 Å². The van der Waals surface area contributed by atoms with Gasteiger partial charge in [-0.2, -0.15) is 0 Å². The van der Waals surface area contributed by atoms with Gasteiger partial charge in [0.25, 0.3) is 0 Å². The van der Waals surface area contributed by atoms with E-state index in [1.807, 2.05) is 18.3 Å². The van der Waals surface area contributed by atoms with Crippen LogP contribution in [0, 0.1) is 0 Å². The number of nitrogens with zero attached hydrogens (tertiary/aromatic N) is 3. The van der Waals surface area contributed by atoms with E-state index < -0.39 is 0 Å². The van der Waals surface area contributed by atoms with Gasteiger partial charge in [-0.25, -0.2) is 14.8 Å². The van der Waals surface area contributed by atoms with Crippen LogP contribution in [0.3, 0.4) is 0 Å². The zero-order chi connectivity index (χ0) is 21.6. The predicted octanol–water partition coefficient (Wildman–Crippen LogP) is 4.32. The highest BCUT2D eigenvalue weighted by Crippen LogP contribution is 2.32.